The van der Waals surface area contributed by atoms with Gasteiger partial charge < -0.3 is 5.32 Å². The van der Waals surface area contributed by atoms with Gasteiger partial charge in [-0.1, -0.05) is 31.4 Å². The standard InChI is InChI=1S/C17H25FN2.ClH/c18-16-8-4-7-15(13-16)17(14-5-2-1-3-6-14)20-11-9-19-10-12-20;/h4,7-8,13-14,17,19H,1-3,5-6,9-12H2;1H/t17-;/m0./s1. The fourth-order valence-corrected chi connectivity index (χ4v) is 3.88. The topological polar surface area (TPSA) is 15.3 Å². The summed E-state index contributed by atoms with van der Waals surface area (Å²) in [6.45, 7) is 4.27. The van der Waals surface area contributed by atoms with Gasteiger partial charge in [0.05, 0.1) is 0 Å². The van der Waals surface area contributed by atoms with Gasteiger partial charge in [0.15, 0.2) is 0 Å². The van der Waals surface area contributed by atoms with Gasteiger partial charge in [0.1, 0.15) is 5.82 Å². The largest absolute Gasteiger partial charge is 0.314 e. The second-order valence-electron chi connectivity index (χ2n) is 6.18. The Morgan fingerprint density at radius 2 is 1.81 bits per heavy atom. The molecule has 0 spiro atoms. The number of rotatable bonds is 3. The molecule has 2 fully saturated rings. The van der Waals surface area contributed by atoms with Gasteiger partial charge in [-0.3, -0.25) is 4.90 Å². The number of benzene rings is 1. The Morgan fingerprint density at radius 3 is 2.48 bits per heavy atom. The van der Waals surface area contributed by atoms with Gasteiger partial charge in [-0.05, 0) is 36.5 Å². The minimum absolute atomic E-state index is 0. The lowest BCUT2D eigenvalue weighted by Crippen LogP contribution is -2.47. The summed E-state index contributed by atoms with van der Waals surface area (Å²) in [4.78, 5) is 2.57. The summed E-state index contributed by atoms with van der Waals surface area (Å²) in [5, 5.41) is 3.42. The number of hydrogen-bond acceptors (Lipinski definition) is 2. The summed E-state index contributed by atoms with van der Waals surface area (Å²) in [5.41, 5.74) is 1.18. The predicted octanol–water partition coefficient (Wildman–Crippen LogP) is 3.77. The van der Waals surface area contributed by atoms with Crippen molar-refractivity contribution in [1.29, 1.82) is 0 Å². The maximum absolute atomic E-state index is 13.6. The Bertz CT molecular complexity index is 411. The van der Waals surface area contributed by atoms with Gasteiger partial charge in [-0.15, -0.1) is 12.4 Å². The van der Waals surface area contributed by atoms with E-state index in [9.17, 15) is 4.39 Å². The molecule has 1 saturated carbocycles. The van der Waals surface area contributed by atoms with Crippen molar-refractivity contribution in [3.63, 3.8) is 0 Å². The molecule has 0 bridgehead atoms. The highest BCUT2D eigenvalue weighted by atomic mass is 35.5. The SMILES string of the molecule is Cl.Fc1cccc([C@H](C2CCCCC2)N2CCNCC2)c1. The minimum Gasteiger partial charge on any atom is -0.314 e. The van der Waals surface area contributed by atoms with Crippen LogP contribution in [-0.2, 0) is 0 Å². The molecule has 0 radical (unpaired) electrons. The van der Waals surface area contributed by atoms with Crippen LogP contribution in [0.25, 0.3) is 0 Å². The molecule has 1 heterocycles. The molecule has 1 aromatic rings. The van der Waals surface area contributed by atoms with E-state index in [-0.39, 0.29) is 18.2 Å². The van der Waals surface area contributed by atoms with E-state index in [1.54, 1.807) is 12.1 Å². The molecule has 0 amide bonds. The zero-order chi connectivity index (χ0) is 13.8. The zero-order valence-corrected chi connectivity index (χ0v) is 13.4. The van der Waals surface area contributed by atoms with Crippen LogP contribution in [0.15, 0.2) is 24.3 Å². The molecule has 0 aromatic heterocycles. The fourth-order valence-electron chi connectivity index (χ4n) is 3.88. The zero-order valence-electron chi connectivity index (χ0n) is 12.6. The summed E-state index contributed by atoms with van der Waals surface area (Å²) < 4.78 is 13.6. The van der Waals surface area contributed by atoms with Crippen molar-refractivity contribution in [3.8, 4) is 0 Å². The quantitative estimate of drug-likeness (QED) is 0.914. The Hall–Kier alpha value is -0.640. The minimum atomic E-state index is -0.0987. The van der Waals surface area contributed by atoms with Crippen molar-refractivity contribution in [2.45, 2.75) is 38.1 Å². The lowest BCUT2D eigenvalue weighted by molar-refractivity contribution is 0.103. The Morgan fingerprint density at radius 1 is 1.10 bits per heavy atom. The van der Waals surface area contributed by atoms with Gasteiger partial charge >= 0.3 is 0 Å². The molecule has 1 N–H and O–H groups in total. The number of piperazine rings is 1. The molecule has 3 rings (SSSR count). The van der Waals surface area contributed by atoms with E-state index in [1.165, 1.54) is 37.7 Å². The number of halogens is 2. The predicted molar refractivity (Wildman–Crippen MR) is 87.4 cm³/mol. The second-order valence-corrected chi connectivity index (χ2v) is 6.18. The van der Waals surface area contributed by atoms with Crippen LogP contribution in [0.4, 0.5) is 4.39 Å². The van der Waals surface area contributed by atoms with Gasteiger partial charge in [0.25, 0.3) is 0 Å². The third kappa shape index (κ3) is 4.18. The molecule has 1 aliphatic carbocycles. The van der Waals surface area contributed by atoms with Gasteiger partial charge in [-0.25, -0.2) is 4.39 Å². The fraction of sp³-hybridized carbons (Fsp3) is 0.647. The van der Waals surface area contributed by atoms with Crippen LogP contribution >= 0.6 is 12.4 Å². The second kappa shape index (κ2) is 8.11. The van der Waals surface area contributed by atoms with E-state index in [4.69, 9.17) is 0 Å². The van der Waals surface area contributed by atoms with Gasteiger partial charge in [-0.2, -0.15) is 0 Å². The van der Waals surface area contributed by atoms with Crippen LogP contribution in [0.1, 0.15) is 43.7 Å². The number of nitrogens with one attached hydrogen (secondary N) is 1. The summed E-state index contributed by atoms with van der Waals surface area (Å²) in [7, 11) is 0. The summed E-state index contributed by atoms with van der Waals surface area (Å²) >= 11 is 0. The first kappa shape index (κ1) is 16.7. The monoisotopic (exact) mass is 312 g/mol. The molecule has 2 aliphatic rings. The Kier molecular flexibility index (Phi) is 6.46. The molecule has 118 valence electrons. The van der Waals surface area contributed by atoms with E-state index in [2.05, 4.69) is 16.3 Å². The Balaban J connectivity index is 0.00000161. The van der Waals surface area contributed by atoms with Crippen molar-refractivity contribution in [3.05, 3.63) is 35.6 Å². The van der Waals surface area contributed by atoms with Crippen LogP contribution in [0.2, 0.25) is 0 Å². The third-order valence-electron chi connectivity index (χ3n) is 4.83. The van der Waals surface area contributed by atoms with Crippen LogP contribution in [0, 0.1) is 11.7 Å². The maximum atomic E-state index is 13.6. The van der Waals surface area contributed by atoms with Gasteiger partial charge in [0.2, 0.25) is 0 Å². The lowest BCUT2D eigenvalue weighted by Gasteiger charge is -2.41. The van der Waals surface area contributed by atoms with Crippen molar-refractivity contribution >= 4 is 12.4 Å². The Labute approximate surface area is 133 Å². The van der Waals surface area contributed by atoms with E-state index in [0.29, 0.717) is 12.0 Å². The molecule has 1 saturated heterocycles. The first-order valence-corrected chi connectivity index (χ1v) is 8.05. The molecule has 1 aromatic carbocycles. The first-order chi connectivity index (χ1) is 9.84. The van der Waals surface area contributed by atoms with Gasteiger partial charge in [0, 0.05) is 32.2 Å². The van der Waals surface area contributed by atoms with E-state index in [0.717, 1.165) is 26.2 Å². The number of nitrogens with zero attached hydrogens (tertiary/aromatic N) is 1. The molecular formula is C17H26ClFN2. The molecule has 1 aliphatic heterocycles. The van der Waals surface area contributed by atoms with E-state index < -0.39 is 0 Å². The molecule has 21 heavy (non-hydrogen) atoms. The van der Waals surface area contributed by atoms with Crippen molar-refractivity contribution in [2.24, 2.45) is 5.92 Å². The molecule has 1 atom stereocenters. The summed E-state index contributed by atoms with van der Waals surface area (Å²) in [5.74, 6) is 0.599. The molecule has 4 heteroatoms. The average Bonchev–Trinajstić information content (AvgIpc) is 2.50. The van der Waals surface area contributed by atoms with Crippen LogP contribution < -0.4 is 5.32 Å². The third-order valence-corrected chi connectivity index (χ3v) is 4.83. The van der Waals surface area contributed by atoms with Crippen molar-refractivity contribution in [2.75, 3.05) is 26.2 Å². The maximum Gasteiger partial charge on any atom is 0.123 e. The van der Waals surface area contributed by atoms with E-state index >= 15 is 0 Å². The number of hydrogen-bond donors (Lipinski definition) is 1. The van der Waals surface area contributed by atoms with Crippen LogP contribution in [0.5, 0.6) is 0 Å². The lowest BCUT2D eigenvalue weighted by atomic mass is 9.80. The molecule has 2 nitrogen and oxygen atoms in total. The summed E-state index contributed by atoms with van der Waals surface area (Å²) in [6.07, 6.45) is 6.63. The average molecular weight is 313 g/mol. The first-order valence-electron chi connectivity index (χ1n) is 8.05. The van der Waals surface area contributed by atoms with Crippen LogP contribution in [0.3, 0.4) is 0 Å². The normalized spacial score (nSPS) is 22.5. The summed E-state index contributed by atoms with van der Waals surface area (Å²) in [6, 6.07) is 7.70. The highest BCUT2D eigenvalue weighted by Crippen LogP contribution is 2.38. The molecular weight excluding hydrogens is 287 g/mol. The smallest absolute Gasteiger partial charge is 0.123 e. The molecule has 0 unspecified atom stereocenters. The van der Waals surface area contributed by atoms with Crippen molar-refractivity contribution in [1.82, 2.24) is 10.2 Å². The van der Waals surface area contributed by atoms with Crippen molar-refractivity contribution < 1.29 is 4.39 Å². The van der Waals surface area contributed by atoms with Crippen LogP contribution in [-0.4, -0.2) is 31.1 Å². The highest BCUT2D eigenvalue weighted by Gasteiger charge is 2.30. The van der Waals surface area contributed by atoms with E-state index in [1.807, 2.05) is 6.07 Å². The highest BCUT2D eigenvalue weighted by molar-refractivity contribution is 5.85.